The zero-order valence-electron chi connectivity index (χ0n) is 43.6. The summed E-state index contributed by atoms with van der Waals surface area (Å²) >= 11 is 11.2. The molecule has 70 heavy (non-hydrogen) atoms. The number of aryl methyl sites for hydroxylation is 8. The SMILES string of the molecule is CC(C)OCCc1cccc[n+]1C.CCOc1cccc[n+]1C.C[n+]1cc(O)cc(Cl)c1.C[n+]1ccc(C2CCOCC2)cc1.C[n+]1cccc(Cl)c1.C[n+]1cccc(F)c1.Cc1cccc(C)[n+]1C. The van der Waals surface area contributed by atoms with Crippen LogP contribution in [0.4, 0.5) is 4.39 Å². The lowest BCUT2D eigenvalue weighted by Crippen LogP contribution is -2.34. The Bertz CT molecular complexity index is 2380. The molecule has 0 aliphatic carbocycles. The first kappa shape index (κ1) is 60.2. The van der Waals surface area contributed by atoms with Gasteiger partial charge >= 0.3 is 5.88 Å². The van der Waals surface area contributed by atoms with Crippen molar-refractivity contribution in [1.82, 2.24) is 0 Å². The fourth-order valence-corrected chi connectivity index (χ4v) is 6.92. The third-order valence-corrected chi connectivity index (χ3v) is 10.9. The molecule has 1 saturated heterocycles. The highest BCUT2D eigenvalue weighted by Gasteiger charge is 2.16. The molecule has 0 spiro atoms. The predicted molar refractivity (Wildman–Crippen MR) is 273 cm³/mol. The van der Waals surface area contributed by atoms with Crippen LogP contribution in [0.15, 0.2) is 159 Å². The molecule has 0 atom stereocenters. The topological polar surface area (TPSA) is 75.1 Å². The first-order valence-corrected chi connectivity index (χ1v) is 24.3. The molecule has 7 aromatic heterocycles. The maximum Gasteiger partial charge on any atom is 0.367 e. The third-order valence-electron chi connectivity index (χ3n) is 10.5. The Hall–Kier alpha value is -5.92. The maximum atomic E-state index is 12.1. The van der Waals surface area contributed by atoms with Crippen LogP contribution >= 0.6 is 23.2 Å². The van der Waals surface area contributed by atoms with Crippen molar-refractivity contribution in [3.63, 3.8) is 0 Å². The molecule has 0 radical (unpaired) electrons. The number of rotatable bonds is 7. The lowest BCUT2D eigenvalue weighted by Gasteiger charge is -2.21. The standard InChI is InChI=1S/C11H16NO.C11H18NO.C8H12NO.C8H12N.C6H6ClNO.C6H7ClN.C6H7FN/c1-12-6-2-10(3-7-12)11-4-8-13-9-5-11;1-10(2)13-9-7-11-6-4-5-8-12(11)3;1-3-10-8-6-4-5-7-9(8)2;1-7-5-4-6-8(2)9(7)3;1-8-3-5(7)2-6(9)4-8;2*1-8-4-2-3-6(7)5-8/h2-3,6-7,11H,4-5,8-9H2,1H3;4-6,8,10H,7,9H2,1-3H3;4-7H,3H2,1-2H3;4-6H,1-3H3;2-4H,1H3;2*2-5H,1H3/q4*+1;;2*+1/p+1. The summed E-state index contributed by atoms with van der Waals surface area (Å²) < 4.78 is 41.8. The minimum absolute atomic E-state index is 0.185. The molecule has 1 fully saturated rings. The van der Waals surface area contributed by atoms with E-state index in [0.717, 1.165) is 49.7 Å². The summed E-state index contributed by atoms with van der Waals surface area (Å²) in [4.78, 5) is 0. The Morgan fingerprint density at radius 3 is 1.70 bits per heavy atom. The number of aromatic nitrogens is 7. The van der Waals surface area contributed by atoms with Crippen molar-refractivity contribution in [3.05, 3.63) is 198 Å². The van der Waals surface area contributed by atoms with Gasteiger partial charge in [-0.15, -0.1) is 0 Å². The van der Waals surface area contributed by atoms with Gasteiger partial charge in [0.2, 0.25) is 12.4 Å². The summed E-state index contributed by atoms with van der Waals surface area (Å²) in [5.74, 6) is 1.61. The minimum Gasteiger partial charge on any atom is -0.503 e. The van der Waals surface area contributed by atoms with E-state index < -0.39 is 0 Å². The Kier molecular flexibility index (Phi) is 29.6. The van der Waals surface area contributed by atoms with Gasteiger partial charge < -0.3 is 19.3 Å². The Morgan fingerprint density at radius 1 is 0.643 bits per heavy atom. The molecule has 0 aromatic carbocycles. The third kappa shape index (κ3) is 26.7. The summed E-state index contributed by atoms with van der Waals surface area (Å²) in [6.45, 7) is 13.7. The van der Waals surface area contributed by atoms with Crippen molar-refractivity contribution in [2.45, 2.75) is 65.9 Å². The second kappa shape index (κ2) is 34.4. The maximum absolute atomic E-state index is 12.1. The molecule has 376 valence electrons. The summed E-state index contributed by atoms with van der Waals surface area (Å²) in [7, 11) is 13.7. The summed E-state index contributed by atoms with van der Waals surface area (Å²) in [5.41, 5.74) is 5.37. The van der Waals surface area contributed by atoms with E-state index in [4.69, 9.17) is 42.5 Å². The molecule has 8 heterocycles. The van der Waals surface area contributed by atoms with Gasteiger partial charge in [-0.2, -0.15) is 4.57 Å². The summed E-state index contributed by atoms with van der Waals surface area (Å²) in [6.07, 6.45) is 22.2. The summed E-state index contributed by atoms with van der Waals surface area (Å²) in [6, 6.07) is 31.1. The normalized spacial score (nSPS) is 11.4. The number of ether oxygens (including phenoxy) is 3. The molecule has 0 saturated carbocycles. The number of nitrogens with zero attached hydrogens (tertiary/aromatic N) is 7. The van der Waals surface area contributed by atoms with Crippen molar-refractivity contribution < 1.29 is 55.7 Å². The number of pyridine rings is 7. The van der Waals surface area contributed by atoms with Crippen molar-refractivity contribution in [3.8, 4) is 11.6 Å². The Labute approximate surface area is 427 Å². The molecule has 7 aromatic rings. The second-order valence-corrected chi connectivity index (χ2v) is 17.7. The molecule has 1 N–H and O–H groups in total. The molecular formula is C56H79Cl2FN7O4+7. The highest BCUT2D eigenvalue weighted by molar-refractivity contribution is 6.30. The molecule has 0 bridgehead atoms. The van der Waals surface area contributed by atoms with E-state index in [0.29, 0.717) is 11.1 Å². The van der Waals surface area contributed by atoms with Gasteiger partial charge in [-0.25, -0.2) is 31.8 Å². The van der Waals surface area contributed by atoms with Crippen LogP contribution in [0.25, 0.3) is 0 Å². The van der Waals surface area contributed by atoms with E-state index >= 15 is 0 Å². The highest BCUT2D eigenvalue weighted by Crippen LogP contribution is 2.25. The first-order valence-electron chi connectivity index (χ1n) is 23.5. The average molecular weight is 1000 g/mol. The zero-order chi connectivity index (χ0) is 51.8. The molecule has 1 aliphatic rings. The van der Waals surface area contributed by atoms with Crippen LogP contribution in [-0.2, 0) is 65.2 Å². The van der Waals surface area contributed by atoms with Crippen LogP contribution in [0.2, 0.25) is 10.0 Å². The van der Waals surface area contributed by atoms with Crippen LogP contribution in [0.1, 0.15) is 62.2 Å². The largest absolute Gasteiger partial charge is 0.503 e. The first-order chi connectivity index (χ1) is 33.4. The molecule has 0 unspecified atom stereocenters. The van der Waals surface area contributed by atoms with Gasteiger partial charge in [0.1, 0.15) is 59.4 Å². The van der Waals surface area contributed by atoms with Crippen molar-refractivity contribution in [1.29, 1.82) is 0 Å². The summed E-state index contributed by atoms with van der Waals surface area (Å²) in [5, 5.41) is 10.2. The van der Waals surface area contributed by atoms with E-state index in [1.54, 1.807) is 47.9 Å². The minimum atomic E-state index is -0.199. The van der Waals surface area contributed by atoms with Gasteiger partial charge in [-0.1, -0.05) is 29.3 Å². The fourth-order valence-electron chi connectivity index (χ4n) is 6.43. The molecule has 1 aliphatic heterocycles. The monoisotopic (exact) mass is 1000 g/mol. The van der Waals surface area contributed by atoms with Gasteiger partial charge in [0, 0.05) is 87.7 Å². The van der Waals surface area contributed by atoms with Gasteiger partial charge in [0.15, 0.2) is 78.2 Å². The van der Waals surface area contributed by atoms with Gasteiger partial charge in [-0.05, 0) is 69.4 Å². The molecule has 11 nitrogen and oxygen atoms in total. The number of hydrogen-bond donors (Lipinski definition) is 1. The number of halogens is 3. The lowest BCUT2D eigenvalue weighted by atomic mass is 9.93. The zero-order valence-corrected chi connectivity index (χ0v) is 45.1. The van der Waals surface area contributed by atoms with Gasteiger partial charge in [0.05, 0.1) is 31.8 Å². The molecule has 14 heteroatoms. The van der Waals surface area contributed by atoms with E-state index in [-0.39, 0.29) is 11.6 Å². The number of aromatic hydroxyl groups is 1. The van der Waals surface area contributed by atoms with Crippen LogP contribution in [-0.4, -0.2) is 37.6 Å². The molecule has 0 amide bonds. The Balaban J connectivity index is 0.000000282. The predicted octanol–water partition coefficient (Wildman–Crippen LogP) is 7.61. The van der Waals surface area contributed by atoms with Gasteiger partial charge in [0.25, 0.3) is 0 Å². The second-order valence-electron chi connectivity index (χ2n) is 16.9. The van der Waals surface area contributed by atoms with Crippen LogP contribution in [0.3, 0.4) is 0 Å². The van der Waals surface area contributed by atoms with Crippen LogP contribution in [0, 0.1) is 19.7 Å². The van der Waals surface area contributed by atoms with Crippen molar-refractivity contribution in [2.75, 3.05) is 26.4 Å². The van der Waals surface area contributed by atoms with Crippen molar-refractivity contribution in [2.24, 2.45) is 49.3 Å². The van der Waals surface area contributed by atoms with Gasteiger partial charge in [-0.3, -0.25) is 0 Å². The van der Waals surface area contributed by atoms with E-state index in [2.05, 4.69) is 117 Å². The van der Waals surface area contributed by atoms with E-state index in [9.17, 15) is 4.39 Å². The molecular weight excluding hydrogens is 925 g/mol. The van der Waals surface area contributed by atoms with E-state index in [1.807, 2.05) is 92.2 Å². The quantitative estimate of drug-likeness (QED) is 0.167. The smallest absolute Gasteiger partial charge is 0.367 e. The van der Waals surface area contributed by atoms with Crippen LogP contribution in [0.5, 0.6) is 11.6 Å². The molecule has 8 rings (SSSR count). The van der Waals surface area contributed by atoms with Crippen LogP contribution < -0.4 is 36.7 Å². The Morgan fingerprint density at radius 2 is 1.23 bits per heavy atom. The average Bonchev–Trinajstić information content (AvgIpc) is 3.31. The lowest BCUT2D eigenvalue weighted by molar-refractivity contribution is -0.683. The number of hydrogen-bond acceptors (Lipinski definition) is 4. The highest BCUT2D eigenvalue weighted by atomic mass is 35.5. The fraction of sp³-hybridized carbons (Fsp3) is 0.375. The van der Waals surface area contributed by atoms with Crippen molar-refractivity contribution >= 4 is 23.2 Å². The van der Waals surface area contributed by atoms with E-state index in [1.165, 1.54) is 53.8 Å².